The van der Waals surface area contributed by atoms with Gasteiger partial charge in [-0.3, -0.25) is 0 Å². The van der Waals surface area contributed by atoms with E-state index in [4.69, 9.17) is 4.42 Å². The minimum Gasteiger partial charge on any atom is -0.469 e. The SMILES string of the molecule is CCCCC(CCC)NC(C)Cc1ccco1. The van der Waals surface area contributed by atoms with E-state index in [2.05, 4.69) is 32.2 Å². The molecule has 0 aliphatic carbocycles. The summed E-state index contributed by atoms with van der Waals surface area (Å²) in [6.07, 6.45) is 9.19. The van der Waals surface area contributed by atoms with Gasteiger partial charge in [0.05, 0.1) is 6.26 Å². The van der Waals surface area contributed by atoms with Gasteiger partial charge in [-0.2, -0.15) is 0 Å². The predicted octanol–water partition coefficient (Wildman–Crippen LogP) is 4.16. The second kappa shape index (κ2) is 8.35. The van der Waals surface area contributed by atoms with E-state index >= 15 is 0 Å². The van der Waals surface area contributed by atoms with Crippen LogP contribution in [0.4, 0.5) is 0 Å². The molecule has 17 heavy (non-hydrogen) atoms. The first-order valence-electron chi connectivity index (χ1n) is 7.04. The molecule has 2 atom stereocenters. The zero-order valence-electron chi connectivity index (χ0n) is 11.5. The van der Waals surface area contributed by atoms with Crippen molar-refractivity contribution in [3.63, 3.8) is 0 Å². The molecule has 2 nitrogen and oxygen atoms in total. The molecule has 0 saturated carbocycles. The lowest BCUT2D eigenvalue weighted by Crippen LogP contribution is -2.37. The molecule has 1 rings (SSSR count). The van der Waals surface area contributed by atoms with Crippen LogP contribution in [-0.2, 0) is 6.42 Å². The van der Waals surface area contributed by atoms with Gasteiger partial charge in [-0.1, -0.05) is 33.1 Å². The Morgan fingerprint density at radius 2 is 2.06 bits per heavy atom. The van der Waals surface area contributed by atoms with E-state index < -0.39 is 0 Å². The second-order valence-electron chi connectivity index (χ2n) is 4.98. The van der Waals surface area contributed by atoms with Gasteiger partial charge in [0.1, 0.15) is 5.76 Å². The molecule has 2 unspecified atom stereocenters. The average molecular weight is 237 g/mol. The van der Waals surface area contributed by atoms with Crippen LogP contribution in [0, 0.1) is 0 Å². The van der Waals surface area contributed by atoms with Gasteiger partial charge < -0.3 is 9.73 Å². The number of hydrogen-bond acceptors (Lipinski definition) is 2. The van der Waals surface area contributed by atoms with E-state index in [1.807, 2.05) is 6.07 Å². The molecular weight excluding hydrogens is 210 g/mol. The molecule has 2 heteroatoms. The Kier molecular flexibility index (Phi) is 7.02. The topological polar surface area (TPSA) is 25.2 Å². The van der Waals surface area contributed by atoms with Crippen LogP contribution in [0.25, 0.3) is 0 Å². The van der Waals surface area contributed by atoms with Crippen LogP contribution in [0.5, 0.6) is 0 Å². The standard InChI is InChI=1S/C15H27NO/c1-4-6-9-14(8-5-2)16-13(3)12-15-10-7-11-17-15/h7,10-11,13-14,16H,4-6,8-9,12H2,1-3H3. The number of rotatable bonds is 9. The lowest BCUT2D eigenvalue weighted by molar-refractivity contribution is 0.373. The Morgan fingerprint density at radius 3 is 2.65 bits per heavy atom. The van der Waals surface area contributed by atoms with Crippen LogP contribution in [0.2, 0.25) is 0 Å². The van der Waals surface area contributed by atoms with Gasteiger partial charge in [0.2, 0.25) is 0 Å². The number of unbranched alkanes of at least 4 members (excludes halogenated alkanes) is 1. The van der Waals surface area contributed by atoms with Crippen molar-refractivity contribution in [2.24, 2.45) is 0 Å². The fourth-order valence-electron chi connectivity index (χ4n) is 2.30. The summed E-state index contributed by atoms with van der Waals surface area (Å²) in [7, 11) is 0. The van der Waals surface area contributed by atoms with Crippen molar-refractivity contribution in [2.45, 2.75) is 71.4 Å². The Morgan fingerprint density at radius 1 is 1.24 bits per heavy atom. The summed E-state index contributed by atoms with van der Waals surface area (Å²) in [6.45, 7) is 6.77. The minimum atomic E-state index is 0.495. The van der Waals surface area contributed by atoms with Crippen LogP contribution in [-0.4, -0.2) is 12.1 Å². The third-order valence-electron chi connectivity index (χ3n) is 3.15. The molecule has 98 valence electrons. The fraction of sp³-hybridized carbons (Fsp3) is 0.733. The third-order valence-corrected chi connectivity index (χ3v) is 3.15. The van der Waals surface area contributed by atoms with Crippen molar-refractivity contribution < 1.29 is 4.42 Å². The number of furan rings is 1. The third kappa shape index (κ3) is 5.92. The van der Waals surface area contributed by atoms with E-state index in [0.717, 1.165) is 12.2 Å². The Labute approximate surface area is 106 Å². The molecule has 0 spiro atoms. The lowest BCUT2D eigenvalue weighted by Gasteiger charge is -2.22. The van der Waals surface area contributed by atoms with E-state index in [1.54, 1.807) is 6.26 Å². The van der Waals surface area contributed by atoms with Crippen molar-refractivity contribution in [3.05, 3.63) is 24.2 Å². The molecule has 0 amide bonds. The van der Waals surface area contributed by atoms with Gasteiger partial charge in [-0.05, 0) is 31.9 Å². The quantitative estimate of drug-likeness (QED) is 0.697. The maximum Gasteiger partial charge on any atom is 0.105 e. The van der Waals surface area contributed by atoms with E-state index in [9.17, 15) is 0 Å². The molecule has 1 heterocycles. The molecular formula is C15H27NO. The van der Waals surface area contributed by atoms with Crippen LogP contribution in [0.1, 0.15) is 58.6 Å². The maximum absolute atomic E-state index is 5.39. The summed E-state index contributed by atoms with van der Waals surface area (Å²) in [6, 6.07) is 5.18. The maximum atomic E-state index is 5.39. The molecule has 1 aromatic heterocycles. The summed E-state index contributed by atoms with van der Waals surface area (Å²) < 4.78 is 5.39. The van der Waals surface area contributed by atoms with E-state index in [1.165, 1.54) is 32.1 Å². The number of hydrogen-bond donors (Lipinski definition) is 1. The average Bonchev–Trinajstić information content (AvgIpc) is 2.78. The van der Waals surface area contributed by atoms with E-state index in [0.29, 0.717) is 12.1 Å². The molecule has 0 aromatic carbocycles. The zero-order valence-corrected chi connectivity index (χ0v) is 11.5. The van der Waals surface area contributed by atoms with Gasteiger partial charge in [0.15, 0.2) is 0 Å². The molecule has 0 aliphatic rings. The minimum absolute atomic E-state index is 0.495. The Bertz CT molecular complexity index is 268. The molecule has 0 fully saturated rings. The first kappa shape index (κ1) is 14.3. The zero-order chi connectivity index (χ0) is 12.5. The van der Waals surface area contributed by atoms with Crippen LogP contribution in [0.3, 0.4) is 0 Å². The summed E-state index contributed by atoms with van der Waals surface area (Å²) in [4.78, 5) is 0. The van der Waals surface area contributed by atoms with Gasteiger partial charge in [-0.25, -0.2) is 0 Å². The van der Waals surface area contributed by atoms with Crippen molar-refractivity contribution in [1.29, 1.82) is 0 Å². The first-order valence-corrected chi connectivity index (χ1v) is 7.04. The van der Waals surface area contributed by atoms with Crippen LogP contribution >= 0.6 is 0 Å². The van der Waals surface area contributed by atoms with E-state index in [-0.39, 0.29) is 0 Å². The summed E-state index contributed by atoms with van der Waals surface area (Å²) in [5.74, 6) is 1.08. The summed E-state index contributed by atoms with van der Waals surface area (Å²) >= 11 is 0. The normalized spacial score (nSPS) is 14.8. The highest BCUT2D eigenvalue weighted by molar-refractivity contribution is 5.00. The van der Waals surface area contributed by atoms with Crippen molar-refractivity contribution in [1.82, 2.24) is 5.32 Å². The molecule has 1 N–H and O–H groups in total. The number of nitrogens with one attached hydrogen (secondary N) is 1. The Balaban J connectivity index is 2.31. The highest BCUT2D eigenvalue weighted by Gasteiger charge is 2.12. The van der Waals surface area contributed by atoms with Crippen molar-refractivity contribution in [3.8, 4) is 0 Å². The summed E-state index contributed by atoms with van der Waals surface area (Å²) in [5, 5.41) is 3.73. The van der Waals surface area contributed by atoms with Gasteiger partial charge >= 0.3 is 0 Å². The monoisotopic (exact) mass is 237 g/mol. The Hall–Kier alpha value is -0.760. The van der Waals surface area contributed by atoms with Crippen LogP contribution in [0.15, 0.2) is 22.8 Å². The van der Waals surface area contributed by atoms with Gasteiger partial charge in [0, 0.05) is 18.5 Å². The van der Waals surface area contributed by atoms with Crippen molar-refractivity contribution >= 4 is 0 Å². The highest BCUT2D eigenvalue weighted by atomic mass is 16.3. The predicted molar refractivity (Wildman–Crippen MR) is 73.2 cm³/mol. The van der Waals surface area contributed by atoms with Crippen molar-refractivity contribution in [2.75, 3.05) is 0 Å². The van der Waals surface area contributed by atoms with Gasteiger partial charge in [0.25, 0.3) is 0 Å². The first-order chi connectivity index (χ1) is 8.26. The second-order valence-corrected chi connectivity index (χ2v) is 4.98. The largest absolute Gasteiger partial charge is 0.469 e. The smallest absolute Gasteiger partial charge is 0.105 e. The van der Waals surface area contributed by atoms with Crippen LogP contribution < -0.4 is 5.32 Å². The molecule has 0 bridgehead atoms. The molecule has 1 aromatic rings. The molecule has 0 aliphatic heterocycles. The summed E-state index contributed by atoms with van der Waals surface area (Å²) in [5.41, 5.74) is 0. The highest BCUT2D eigenvalue weighted by Crippen LogP contribution is 2.10. The molecule has 0 saturated heterocycles. The molecule has 0 radical (unpaired) electrons. The fourth-order valence-corrected chi connectivity index (χ4v) is 2.30. The lowest BCUT2D eigenvalue weighted by atomic mass is 10.0. The van der Waals surface area contributed by atoms with Gasteiger partial charge in [-0.15, -0.1) is 0 Å².